The first-order chi connectivity index (χ1) is 7.73. The summed E-state index contributed by atoms with van der Waals surface area (Å²) in [7, 11) is 0. The van der Waals surface area contributed by atoms with Gasteiger partial charge in [-0.25, -0.2) is 0 Å². The zero-order valence-corrected chi connectivity index (χ0v) is 10.2. The van der Waals surface area contributed by atoms with Gasteiger partial charge in [0, 0.05) is 11.5 Å². The molecule has 0 atom stereocenters. The van der Waals surface area contributed by atoms with Gasteiger partial charge in [-0.3, -0.25) is 0 Å². The van der Waals surface area contributed by atoms with Gasteiger partial charge in [-0.1, -0.05) is 36.5 Å². The number of allylic oxidation sites excluding steroid dienone is 4. The number of hydrogen-bond donors (Lipinski definition) is 1. The molecule has 0 saturated heterocycles. The maximum absolute atomic E-state index is 8.36. The Hall–Kier alpha value is -1.14. The minimum atomic E-state index is -1.50. The summed E-state index contributed by atoms with van der Waals surface area (Å²) >= 11 is 3.66. The SMILES string of the molecule is C1=CCSC=C1.C1=CCSC=C1.O=[N+]([O-])O. The molecule has 0 aromatic carbocycles. The molecule has 0 bridgehead atoms. The Labute approximate surface area is 103 Å². The fraction of sp³-hybridized carbons (Fsp3) is 0.200. The van der Waals surface area contributed by atoms with Crippen LogP contribution in [-0.2, 0) is 0 Å². The Morgan fingerprint density at radius 2 is 1.38 bits per heavy atom. The minimum absolute atomic E-state index is 1.15. The van der Waals surface area contributed by atoms with Gasteiger partial charge in [0.25, 0.3) is 5.09 Å². The highest BCUT2D eigenvalue weighted by molar-refractivity contribution is 8.02. The smallest absolute Gasteiger partial charge is 0.291 e. The average Bonchev–Trinajstić information content (AvgIpc) is 2.34. The predicted octanol–water partition coefficient (Wildman–Crippen LogP) is 3.26. The molecule has 0 radical (unpaired) electrons. The van der Waals surface area contributed by atoms with Crippen LogP contribution in [-0.4, -0.2) is 21.8 Å². The summed E-state index contributed by atoms with van der Waals surface area (Å²) in [5, 5.41) is 17.8. The van der Waals surface area contributed by atoms with Gasteiger partial charge >= 0.3 is 0 Å². The van der Waals surface area contributed by atoms with Gasteiger partial charge in [0.1, 0.15) is 0 Å². The second-order valence-corrected chi connectivity index (χ2v) is 4.30. The molecule has 2 heterocycles. The third kappa shape index (κ3) is 15.3. The van der Waals surface area contributed by atoms with Gasteiger partial charge < -0.3 is 5.21 Å². The highest BCUT2D eigenvalue weighted by atomic mass is 32.2. The van der Waals surface area contributed by atoms with Crippen LogP contribution in [0.1, 0.15) is 0 Å². The molecule has 16 heavy (non-hydrogen) atoms. The molecule has 1 N–H and O–H groups in total. The van der Waals surface area contributed by atoms with Gasteiger partial charge in [-0.05, 0) is 10.8 Å². The molecule has 0 unspecified atom stereocenters. The Morgan fingerprint density at radius 1 is 1.00 bits per heavy atom. The van der Waals surface area contributed by atoms with E-state index >= 15 is 0 Å². The van der Waals surface area contributed by atoms with Crippen LogP contribution in [0.15, 0.2) is 47.3 Å². The Bertz CT molecular complexity index is 246. The minimum Gasteiger partial charge on any atom is -0.328 e. The van der Waals surface area contributed by atoms with Crippen molar-refractivity contribution in [2.75, 3.05) is 11.5 Å². The zero-order chi connectivity index (χ0) is 12.1. The molecular formula is C10H13NO3S2. The van der Waals surface area contributed by atoms with Crippen LogP contribution in [0.4, 0.5) is 0 Å². The van der Waals surface area contributed by atoms with Crippen molar-refractivity contribution in [3.63, 3.8) is 0 Å². The lowest BCUT2D eigenvalue weighted by atomic mass is 10.5. The predicted molar refractivity (Wildman–Crippen MR) is 70.3 cm³/mol. The monoisotopic (exact) mass is 259 g/mol. The molecule has 2 aliphatic rings. The molecule has 0 fully saturated rings. The van der Waals surface area contributed by atoms with Crippen LogP contribution < -0.4 is 0 Å². The van der Waals surface area contributed by atoms with Crippen molar-refractivity contribution in [2.24, 2.45) is 0 Å². The van der Waals surface area contributed by atoms with E-state index in [-0.39, 0.29) is 0 Å². The molecule has 2 rings (SSSR count). The van der Waals surface area contributed by atoms with Gasteiger partial charge in [0.2, 0.25) is 0 Å². The normalized spacial score (nSPS) is 15.5. The van der Waals surface area contributed by atoms with Crippen LogP contribution in [0.2, 0.25) is 0 Å². The zero-order valence-electron chi connectivity index (χ0n) is 8.56. The molecule has 0 aromatic rings. The van der Waals surface area contributed by atoms with Crippen LogP contribution in [0.25, 0.3) is 0 Å². The van der Waals surface area contributed by atoms with Crippen LogP contribution in [0.5, 0.6) is 0 Å². The van der Waals surface area contributed by atoms with Crippen molar-refractivity contribution in [2.45, 2.75) is 0 Å². The number of rotatable bonds is 0. The van der Waals surface area contributed by atoms with Gasteiger partial charge in [0.05, 0.1) is 0 Å². The lowest BCUT2D eigenvalue weighted by molar-refractivity contribution is -0.742. The summed E-state index contributed by atoms with van der Waals surface area (Å²) in [5.41, 5.74) is 0. The first-order valence-corrected chi connectivity index (χ1v) is 6.53. The Kier molecular flexibility index (Phi) is 11.1. The second-order valence-electron chi connectivity index (χ2n) is 2.42. The lowest BCUT2D eigenvalue weighted by Gasteiger charge is -1.88. The molecule has 0 aromatic heterocycles. The quantitative estimate of drug-likeness (QED) is 0.534. The summed E-state index contributed by atoms with van der Waals surface area (Å²) in [6.45, 7) is 0. The van der Waals surface area contributed by atoms with Crippen molar-refractivity contribution < 1.29 is 10.3 Å². The largest absolute Gasteiger partial charge is 0.328 e. The number of nitrogens with zero attached hydrogens (tertiary/aromatic N) is 1. The van der Waals surface area contributed by atoms with E-state index in [9.17, 15) is 0 Å². The first-order valence-electron chi connectivity index (χ1n) is 4.43. The third-order valence-corrected chi connectivity index (χ3v) is 2.70. The van der Waals surface area contributed by atoms with E-state index in [1.165, 1.54) is 0 Å². The number of thioether (sulfide) groups is 2. The Morgan fingerprint density at radius 3 is 1.44 bits per heavy atom. The van der Waals surface area contributed by atoms with Crippen molar-refractivity contribution in [3.8, 4) is 0 Å². The van der Waals surface area contributed by atoms with Gasteiger partial charge in [-0.2, -0.15) is 0 Å². The maximum atomic E-state index is 8.36. The second kappa shape index (κ2) is 11.9. The van der Waals surface area contributed by atoms with Crippen molar-refractivity contribution in [1.29, 1.82) is 0 Å². The highest BCUT2D eigenvalue weighted by Gasteiger charge is 1.78. The van der Waals surface area contributed by atoms with Gasteiger partial charge in [0.15, 0.2) is 0 Å². The topological polar surface area (TPSA) is 63.4 Å². The fourth-order valence-electron chi connectivity index (χ4n) is 0.692. The van der Waals surface area contributed by atoms with Crippen LogP contribution in [0.3, 0.4) is 0 Å². The van der Waals surface area contributed by atoms with E-state index in [2.05, 4.69) is 35.1 Å². The van der Waals surface area contributed by atoms with Crippen molar-refractivity contribution >= 4 is 23.5 Å². The summed E-state index contributed by atoms with van der Waals surface area (Å²) < 4.78 is 0. The van der Waals surface area contributed by atoms with Crippen molar-refractivity contribution in [1.82, 2.24) is 0 Å². The standard InChI is InChI=1S/2C5H6S.HNO3/c2*1-2-4-6-5-3-1;2-1(3)4/h2*1-4H,5H2;(H,2,3,4). The van der Waals surface area contributed by atoms with E-state index in [1.807, 2.05) is 35.7 Å². The fourth-order valence-corrected chi connectivity index (χ4v) is 1.76. The Balaban J connectivity index is 0.000000217. The molecular weight excluding hydrogens is 246 g/mol. The number of hydrogen-bond acceptors (Lipinski definition) is 4. The van der Waals surface area contributed by atoms with Crippen LogP contribution in [0, 0.1) is 10.1 Å². The maximum Gasteiger partial charge on any atom is 0.291 e. The van der Waals surface area contributed by atoms with Crippen molar-refractivity contribution in [3.05, 3.63) is 57.4 Å². The average molecular weight is 259 g/mol. The molecule has 2 aliphatic heterocycles. The molecule has 6 heteroatoms. The van der Waals surface area contributed by atoms with E-state index < -0.39 is 5.09 Å². The lowest BCUT2D eigenvalue weighted by Crippen LogP contribution is -1.81. The molecule has 0 amide bonds. The first kappa shape index (κ1) is 14.9. The summed E-state index contributed by atoms with van der Waals surface area (Å²) in [4.78, 5) is 8.36. The van der Waals surface area contributed by atoms with E-state index in [1.54, 1.807) is 0 Å². The van der Waals surface area contributed by atoms with E-state index in [4.69, 9.17) is 15.3 Å². The highest BCUT2D eigenvalue weighted by Crippen LogP contribution is 2.06. The molecule has 0 aliphatic carbocycles. The summed E-state index contributed by atoms with van der Waals surface area (Å²) in [5.74, 6) is 2.30. The van der Waals surface area contributed by atoms with E-state index in [0.717, 1.165) is 11.5 Å². The van der Waals surface area contributed by atoms with E-state index in [0.29, 0.717) is 0 Å². The molecule has 0 spiro atoms. The molecule has 4 nitrogen and oxygen atoms in total. The summed E-state index contributed by atoms with van der Waals surface area (Å²) in [6.07, 6.45) is 12.5. The molecule has 0 saturated carbocycles. The van der Waals surface area contributed by atoms with Gasteiger partial charge in [-0.15, -0.1) is 33.6 Å². The third-order valence-electron chi connectivity index (χ3n) is 1.23. The summed E-state index contributed by atoms with van der Waals surface area (Å²) in [6, 6.07) is 0. The van der Waals surface area contributed by atoms with Crippen LogP contribution >= 0.6 is 23.5 Å². The molecule has 88 valence electrons.